The van der Waals surface area contributed by atoms with Crippen molar-refractivity contribution in [2.24, 2.45) is 0 Å². The number of halogens is 2. The van der Waals surface area contributed by atoms with E-state index in [2.05, 4.69) is 40.0 Å². The number of benzene rings is 1. The molecule has 2 nitrogen and oxygen atoms in total. The molecule has 2 rings (SSSR count). The molecule has 2 N–H and O–H groups in total. The average Bonchev–Trinajstić information content (AvgIpc) is 2.61. The molecule has 0 amide bonds. The highest BCUT2D eigenvalue weighted by atomic mass is 79.9. The van der Waals surface area contributed by atoms with Crippen LogP contribution in [0.5, 0.6) is 0 Å². The van der Waals surface area contributed by atoms with Crippen molar-refractivity contribution in [3.63, 3.8) is 0 Å². The smallest absolute Gasteiger partial charge is 0.0931 e. The van der Waals surface area contributed by atoms with E-state index in [0.29, 0.717) is 0 Å². The van der Waals surface area contributed by atoms with Gasteiger partial charge in [0.2, 0.25) is 0 Å². The van der Waals surface area contributed by atoms with Gasteiger partial charge in [-0.25, -0.2) is 0 Å². The maximum Gasteiger partial charge on any atom is 0.0931 e. The normalized spacial score (nSPS) is 11.1. The van der Waals surface area contributed by atoms with Crippen LogP contribution in [0, 0.1) is 0 Å². The zero-order chi connectivity index (χ0) is 13.1. The summed E-state index contributed by atoms with van der Waals surface area (Å²) in [6.07, 6.45) is 0. The Morgan fingerprint density at radius 3 is 2.67 bits per heavy atom. The minimum Gasteiger partial charge on any atom is -0.399 e. The van der Waals surface area contributed by atoms with Gasteiger partial charge in [0, 0.05) is 28.1 Å². The van der Waals surface area contributed by atoms with Crippen LogP contribution in [-0.4, -0.2) is 11.9 Å². The molecule has 0 aliphatic rings. The Labute approximate surface area is 124 Å². The topological polar surface area (TPSA) is 29.3 Å². The molecule has 2 aromatic rings. The van der Waals surface area contributed by atoms with Crippen LogP contribution >= 0.6 is 38.9 Å². The summed E-state index contributed by atoms with van der Waals surface area (Å²) in [5.74, 6) is 0. The largest absolute Gasteiger partial charge is 0.399 e. The average molecular weight is 346 g/mol. The summed E-state index contributed by atoms with van der Waals surface area (Å²) < 4.78 is 1.86. The molecule has 1 aromatic heterocycles. The van der Waals surface area contributed by atoms with E-state index < -0.39 is 0 Å². The summed E-state index contributed by atoms with van der Waals surface area (Å²) in [6.45, 7) is 1.75. The third-order valence-electron chi connectivity index (χ3n) is 2.49. The molecular weight excluding hydrogens is 332 g/mol. The highest BCUT2D eigenvalue weighted by Crippen LogP contribution is 2.23. The highest BCUT2D eigenvalue weighted by molar-refractivity contribution is 9.10. The lowest BCUT2D eigenvalue weighted by atomic mass is 10.2. The molecule has 1 heterocycles. The van der Waals surface area contributed by atoms with E-state index >= 15 is 0 Å². The second-order valence-electron chi connectivity index (χ2n) is 4.27. The summed E-state index contributed by atoms with van der Waals surface area (Å²) in [7, 11) is 2.09. The molecule has 0 aliphatic heterocycles. The lowest BCUT2D eigenvalue weighted by molar-refractivity contribution is 0.322. The van der Waals surface area contributed by atoms with Crippen LogP contribution in [-0.2, 0) is 13.1 Å². The molecule has 1 aromatic carbocycles. The number of nitrogen functional groups attached to an aromatic ring is 1. The van der Waals surface area contributed by atoms with E-state index in [4.69, 9.17) is 17.3 Å². The minimum atomic E-state index is 0.784. The first-order valence-corrected chi connectivity index (χ1v) is 7.49. The Morgan fingerprint density at radius 1 is 1.28 bits per heavy atom. The number of anilines is 1. The number of hydrogen-bond acceptors (Lipinski definition) is 3. The first-order valence-electron chi connectivity index (χ1n) is 5.50. The van der Waals surface area contributed by atoms with Crippen LogP contribution in [0.3, 0.4) is 0 Å². The lowest BCUT2D eigenvalue weighted by Gasteiger charge is -2.16. The fraction of sp³-hybridized carbons (Fsp3) is 0.231. The van der Waals surface area contributed by atoms with E-state index in [1.165, 1.54) is 10.4 Å². The van der Waals surface area contributed by atoms with Crippen molar-refractivity contribution in [2.75, 3.05) is 12.8 Å². The maximum atomic E-state index is 5.92. The Bertz CT molecular complexity index is 521. The molecule has 0 bridgehead atoms. The molecule has 0 saturated carbocycles. The van der Waals surface area contributed by atoms with Crippen molar-refractivity contribution in [1.29, 1.82) is 0 Å². The monoisotopic (exact) mass is 344 g/mol. The Morgan fingerprint density at radius 2 is 2.06 bits per heavy atom. The highest BCUT2D eigenvalue weighted by Gasteiger charge is 2.05. The van der Waals surface area contributed by atoms with Gasteiger partial charge in [0.1, 0.15) is 0 Å². The minimum absolute atomic E-state index is 0.784. The van der Waals surface area contributed by atoms with Gasteiger partial charge in [0.25, 0.3) is 0 Å². The van der Waals surface area contributed by atoms with Gasteiger partial charge in [-0.05, 0) is 42.9 Å². The fourth-order valence-electron chi connectivity index (χ4n) is 1.84. The van der Waals surface area contributed by atoms with Crippen molar-refractivity contribution in [2.45, 2.75) is 13.1 Å². The van der Waals surface area contributed by atoms with Gasteiger partial charge in [0.15, 0.2) is 0 Å². The van der Waals surface area contributed by atoms with Crippen LogP contribution in [0.1, 0.15) is 10.4 Å². The zero-order valence-corrected chi connectivity index (χ0v) is 13.1. The quantitative estimate of drug-likeness (QED) is 0.833. The maximum absolute atomic E-state index is 5.92. The Hall–Kier alpha value is -0.550. The molecule has 0 aliphatic carbocycles. The third-order valence-corrected chi connectivity index (χ3v) is 4.16. The molecule has 0 spiro atoms. The zero-order valence-electron chi connectivity index (χ0n) is 9.99. The SMILES string of the molecule is CN(Cc1cc(N)cc(Br)c1)Cc1ccc(Cl)s1. The molecule has 0 saturated heterocycles. The van der Waals surface area contributed by atoms with E-state index in [-0.39, 0.29) is 0 Å². The molecule has 18 heavy (non-hydrogen) atoms. The summed E-state index contributed by atoms with van der Waals surface area (Å²) in [6, 6.07) is 10.0. The Kier molecular flexibility index (Phi) is 4.67. The van der Waals surface area contributed by atoms with E-state index in [9.17, 15) is 0 Å². The van der Waals surface area contributed by atoms with Gasteiger partial charge < -0.3 is 5.73 Å². The summed E-state index contributed by atoms with van der Waals surface area (Å²) in [4.78, 5) is 3.51. The standard InChI is InChI=1S/C13H14BrClN2S/c1-17(8-12-2-3-13(15)18-12)7-9-4-10(14)6-11(16)5-9/h2-6H,7-8,16H2,1H3. The van der Waals surface area contributed by atoms with Gasteiger partial charge in [0.05, 0.1) is 4.34 Å². The van der Waals surface area contributed by atoms with Gasteiger partial charge in [-0.3, -0.25) is 4.90 Å². The second-order valence-corrected chi connectivity index (χ2v) is 6.99. The van der Waals surface area contributed by atoms with Crippen molar-refractivity contribution in [1.82, 2.24) is 4.90 Å². The molecular formula is C13H14BrClN2S. The van der Waals surface area contributed by atoms with Crippen LogP contribution in [0.15, 0.2) is 34.8 Å². The summed E-state index contributed by atoms with van der Waals surface area (Å²) >= 11 is 11.0. The van der Waals surface area contributed by atoms with E-state index in [0.717, 1.165) is 27.6 Å². The first-order chi connectivity index (χ1) is 8.52. The van der Waals surface area contributed by atoms with Crippen molar-refractivity contribution in [3.8, 4) is 0 Å². The Balaban J connectivity index is 2.00. The van der Waals surface area contributed by atoms with Crippen molar-refractivity contribution >= 4 is 44.6 Å². The molecule has 5 heteroatoms. The number of nitrogens with zero attached hydrogens (tertiary/aromatic N) is 1. The molecule has 0 radical (unpaired) electrons. The number of hydrogen-bond donors (Lipinski definition) is 1. The van der Waals surface area contributed by atoms with Crippen molar-refractivity contribution in [3.05, 3.63) is 49.6 Å². The summed E-state index contributed by atoms with van der Waals surface area (Å²) in [5, 5.41) is 0. The predicted octanol–water partition coefficient (Wildman–Crippen LogP) is 4.38. The van der Waals surface area contributed by atoms with Crippen LogP contribution in [0.25, 0.3) is 0 Å². The molecule has 0 unspecified atom stereocenters. The van der Waals surface area contributed by atoms with Crippen LogP contribution in [0.4, 0.5) is 5.69 Å². The number of rotatable bonds is 4. The van der Waals surface area contributed by atoms with E-state index in [1.54, 1.807) is 11.3 Å². The first kappa shape index (κ1) is 13.9. The fourth-order valence-corrected chi connectivity index (χ4v) is 3.56. The van der Waals surface area contributed by atoms with Crippen LogP contribution in [0.2, 0.25) is 4.34 Å². The van der Waals surface area contributed by atoms with Gasteiger partial charge in [-0.15, -0.1) is 11.3 Å². The number of thiophene rings is 1. The molecule has 0 atom stereocenters. The van der Waals surface area contributed by atoms with Crippen molar-refractivity contribution < 1.29 is 0 Å². The van der Waals surface area contributed by atoms with Gasteiger partial charge >= 0.3 is 0 Å². The van der Waals surface area contributed by atoms with Gasteiger partial charge in [-0.1, -0.05) is 27.5 Å². The second kappa shape index (κ2) is 6.06. The lowest BCUT2D eigenvalue weighted by Crippen LogP contribution is -2.16. The predicted molar refractivity (Wildman–Crippen MR) is 83.1 cm³/mol. The molecule has 96 valence electrons. The number of nitrogens with two attached hydrogens (primary N) is 1. The summed E-state index contributed by atoms with van der Waals surface area (Å²) in [5.41, 5.74) is 7.81. The third kappa shape index (κ3) is 3.99. The van der Waals surface area contributed by atoms with Gasteiger partial charge in [-0.2, -0.15) is 0 Å². The van der Waals surface area contributed by atoms with Crippen LogP contribution < -0.4 is 5.73 Å². The molecule has 0 fully saturated rings. The van der Waals surface area contributed by atoms with E-state index in [1.807, 2.05) is 18.2 Å².